The van der Waals surface area contributed by atoms with Crippen LogP contribution in [-0.4, -0.2) is 38.0 Å². The van der Waals surface area contributed by atoms with E-state index in [4.69, 9.17) is 4.74 Å². The Morgan fingerprint density at radius 2 is 1.91 bits per heavy atom. The van der Waals surface area contributed by atoms with Gasteiger partial charge in [0.2, 0.25) is 0 Å². The number of aromatic nitrogens is 5. The summed E-state index contributed by atoms with van der Waals surface area (Å²) in [6.07, 6.45) is 3.32. The number of carbonyl (C=O) groups is 1. The van der Waals surface area contributed by atoms with Crippen molar-refractivity contribution in [1.29, 1.82) is 0 Å². The van der Waals surface area contributed by atoms with E-state index in [0.29, 0.717) is 22.3 Å². The number of nitrogens with one attached hydrogen (secondary N) is 1. The minimum Gasteiger partial charge on any atom is -0.494 e. The lowest BCUT2D eigenvalue weighted by Crippen LogP contribution is -2.14. The zero-order chi connectivity index (χ0) is 22.1. The Hall–Kier alpha value is -4.11. The molecule has 2 aromatic carbocycles. The van der Waals surface area contributed by atoms with Crippen LogP contribution in [0.2, 0.25) is 0 Å². The average molecular weight is 443 g/mol. The minimum absolute atomic E-state index is 0.178. The number of rotatable bonds is 5. The number of fused-ring (bicyclic) bond motifs is 1. The van der Waals surface area contributed by atoms with Gasteiger partial charge in [-0.25, -0.2) is 9.67 Å². The average Bonchev–Trinajstić information content (AvgIpc) is 3.43. The molecule has 0 saturated carbocycles. The lowest BCUT2D eigenvalue weighted by atomic mass is 10.1. The third kappa shape index (κ3) is 3.58. The number of carbonyl (C=O) groups excluding carboxylic acids is 1. The number of thiazole rings is 1. The first-order chi connectivity index (χ1) is 15.6. The molecule has 5 rings (SSSR count). The molecule has 0 aliphatic heterocycles. The minimum atomic E-state index is -0.395. The quantitative estimate of drug-likeness (QED) is 0.430. The van der Waals surface area contributed by atoms with E-state index in [1.807, 2.05) is 61.5 Å². The summed E-state index contributed by atoms with van der Waals surface area (Å²) in [7, 11) is 1.59. The molecule has 1 amide bonds. The monoisotopic (exact) mass is 442 g/mol. The van der Waals surface area contributed by atoms with E-state index in [1.165, 1.54) is 11.3 Å². The molecule has 158 valence electrons. The van der Waals surface area contributed by atoms with Crippen LogP contribution in [0.15, 0.2) is 67.0 Å². The summed E-state index contributed by atoms with van der Waals surface area (Å²) < 4.78 is 8.10. The maximum Gasteiger partial charge on any atom is 0.280 e. The zero-order valence-corrected chi connectivity index (χ0v) is 18.1. The van der Waals surface area contributed by atoms with E-state index in [2.05, 4.69) is 25.6 Å². The van der Waals surface area contributed by atoms with E-state index >= 15 is 0 Å². The van der Waals surface area contributed by atoms with Crippen LogP contribution in [0.3, 0.4) is 0 Å². The molecule has 0 bridgehead atoms. The highest BCUT2D eigenvalue weighted by molar-refractivity contribution is 7.22. The third-order valence-corrected chi connectivity index (χ3v) is 5.85. The van der Waals surface area contributed by atoms with Crippen LogP contribution in [0.5, 0.6) is 5.75 Å². The van der Waals surface area contributed by atoms with Gasteiger partial charge < -0.3 is 4.74 Å². The van der Waals surface area contributed by atoms with Gasteiger partial charge in [0.05, 0.1) is 17.3 Å². The highest BCUT2D eigenvalue weighted by atomic mass is 32.1. The van der Waals surface area contributed by atoms with Gasteiger partial charge in [-0.15, -0.1) is 5.10 Å². The first-order valence-corrected chi connectivity index (χ1v) is 10.6. The Bertz CT molecular complexity index is 1430. The summed E-state index contributed by atoms with van der Waals surface area (Å²) in [5.74, 6) is 0.218. The molecule has 0 aliphatic rings. The molecular weight excluding hydrogens is 424 g/mol. The highest BCUT2D eigenvalue weighted by Gasteiger charge is 2.24. The molecule has 3 aromatic heterocycles. The largest absolute Gasteiger partial charge is 0.494 e. The second-order valence-corrected chi connectivity index (χ2v) is 8.08. The number of anilines is 1. The summed E-state index contributed by atoms with van der Waals surface area (Å²) in [6.45, 7) is 2.02. The summed E-state index contributed by atoms with van der Waals surface area (Å²) >= 11 is 1.42. The molecule has 1 N–H and O–H groups in total. The van der Waals surface area contributed by atoms with Crippen molar-refractivity contribution < 1.29 is 9.53 Å². The number of benzene rings is 2. The van der Waals surface area contributed by atoms with Crippen molar-refractivity contribution in [3.05, 3.63) is 78.2 Å². The lowest BCUT2D eigenvalue weighted by molar-refractivity contribution is 0.102. The molecule has 0 radical (unpaired) electrons. The van der Waals surface area contributed by atoms with Crippen molar-refractivity contribution in [3.8, 4) is 22.7 Å². The first-order valence-electron chi connectivity index (χ1n) is 9.82. The van der Waals surface area contributed by atoms with E-state index in [-0.39, 0.29) is 5.69 Å². The number of pyridine rings is 1. The molecule has 9 heteroatoms. The molecule has 0 saturated heterocycles. The molecule has 8 nitrogen and oxygen atoms in total. The van der Waals surface area contributed by atoms with Gasteiger partial charge in [0.25, 0.3) is 5.91 Å². The SMILES string of the molecule is COc1ccccc1-n1nnc(C(=O)Nc2nc3ccc(C)cc3s2)c1-c1ccncc1. The van der Waals surface area contributed by atoms with Crippen molar-refractivity contribution in [2.24, 2.45) is 0 Å². The van der Waals surface area contributed by atoms with Crippen LogP contribution in [0.1, 0.15) is 16.1 Å². The molecule has 0 aliphatic carbocycles. The number of methoxy groups -OCH3 is 1. The fraction of sp³-hybridized carbons (Fsp3) is 0.0870. The first kappa shape index (κ1) is 19.8. The van der Waals surface area contributed by atoms with Crippen LogP contribution >= 0.6 is 11.3 Å². The Balaban J connectivity index is 1.58. The Kier molecular flexibility index (Phi) is 5.08. The second kappa shape index (κ2) is 8.20. The Morgan fingerprint density at radius 1 is 1.09 bits per heavy atom. The topological polar surface area (TPSA) is 94.8 Å². The van der Waals surface area contributed by atoms with Crippen LogP contribution in [0, 0.1) is 6.92 Å². The molecule has 32 heavy (non-hydrogen) atoms. The lowest BCUT2D eigenvalue weighted by Gasteiger charge is -2.11. The van der Waals surface area contributed by atoms with Crippen LogP contribution in [0.25, 0.3) is 27.2 Å². The molecule has 0 atom stereocenters. The van der Waals surface area contributed by atoms with Crippen LogP contribution in [-0.2, 0) is 0 Å². The summed E-state index contributed by atoms with van der Waals surface area (Å²) in [5, 5.41) is 11.9. The van der Waals surface area contributed by atoms with Crippen molar-refractivity contribution in [2.45, 2.75) is 6.92 Å². The standard InChI is InChI=1S/C23H18N6O2S/c1-14-7-8-16-19(13-14)32-23(25-16)26-22(30)20-21(15-9-11-24-12-10-15)29(28-27-20)17-5-3-4-6-18(17)31-2/h3-13H,1-2H3,(H,25,26,30). The van der Waals surface area contributed by atoms with Gasteiger partial charge in [-0.1, -0.05) is 34.7 Å². The van der Waals surface area contributed by atoms with E-state index in [1.54, 1.807) is 24.2 Å². The van der Waals surface area contributed by atoms with Crippen molar-refractivity contribution in [3.63, 3.8) is 0 Å². The predicted octanol–water partition coefficient (Wildman–Crippen LogP) is 4.51. The molecule has 5 aromatic rings. The van der Waals surface area contributed by atoms with Crippen molar-refractivity contribution in [1.82, 2.24) is 25.0 Å². The number of para-hydroxylation sites is 2. The zero-order valence-electron chi connectivity index (χ0n) is 17.3. The van der Waals surface area contributed by atoms with E-state index < -0.39 is 5.91 Å². The van der Waals surface area contributed by atoms with Gasteiger partial charge in [0, 0.05) is 18.0 Å². The number of nitrogens with zero attached hydrogens (tertiary/aromatic N) is 5. The van der Waals surface area contributed by atoms with Gasteiger partial charge in [-0.3, -0.25) is 15.1 Å². The fourth-order valence-electron chi connectivity index (χ4n) is 3.42. The molecule has 0 spiro atoms. The number of aryl methyl sites for hydroxylation is 1. The fourth-order valence-corrected chi connectivity index (χ4v) is 4.38. The van der Waals surface area contributed by atoms with Crippen LogP contribution in [0.4, 0.5) is 5.13 Å². The third-order valence-electron chi connectivity index (χ3n) is 4.92. The van der Waals surface area contributed by atoms with Gasteiger partial charge in [-0.05, 0) is 48.9 Å². The molecule has 0 unspecified atom stereocenters. The number of hydrogen-bond donors (Lipinski definition) is 1. The summed E-state index contributed by atoms with van der Waals surface area (Å²) in [6, 6.07) is 17.0. The van der Waals surface area contributed by atoms with Gasteiger partial charge >= 0.3 is 0 Å². The maximum absolute atomic E-state index is 13.2. The molecule has 3 heterocycles. The maximum atomic E-state index is 13.2. The highest BCUT2D eigenvalue weighted by Crippen LogP contribution is 2.31. The van der Waals surface area contributed by atoms with E-state index in [0.717, 1.165) is 21.3 Å². The molecular formula is C23H18N6O2S. The normalized spacial score (nSPS) is 10.9. The van der Waals surface area contributed by atoms with E-state index in [9.17, 15) is 4.79 Å². The second-order valence-electron chi connectivity index (χ2n) is 7.05. The molecule has 0 fully saturated rings. The number of ether oxygens (including phenoxy) is 1. The van der Waals surface area contributed by atoms with Gasteiger partial charge in [-0.2, -0.15) is 0 Å². The van der Waals surface area contributed by atoms with Gasteiger partial charge in [0.1, 0.15) is 17.1 Å². The smallest absolute Gasteiger partial charge is 0.280 e. The Morgan fingerprint density at radius 3 is 2.72 bits per heavy atom. The summed E-state index contributed by atoms with van der Waals surface area (Å²) in [4.78, 5) is 21.8. The van der Waals surface area contributed by atoms with Gasteiger partial charge in [0.15, 0.2) is 10.8 Å². The predicted molar refractivity (Wildman–Crippen MR) is 123 cm³/mol. The van der Waals surface area contributed by atoms with Crippen molar-refractivity contribution in [2.75, 3.05) is 12.4 Å². The Labute approximate surface area is 187 Å². The van der Waals surface area contributed by atoms with Crippen molar-refractivity contribution >= 4 is 32.6 Å². The van der Waals surface area contributed by atoms with Crippen LogP contribution < -0.4 is 10.1 Å². The number of amides is 1. The number of hydrogen-bond acceptors (Lipinski definition) is 7. The summed E-state index contributed by atoms with van der Waals surface area (Å²) in [5.41, 5.74) is 4.11.